The fraction of sp³-hybridized carbons (Fsp3) is 0.118. The monoisotopic (exact) mass is 372 g/mol. The molecule has 0 atom stereocenters. The van der Waals surface area contributed by atoms with Crippen molar-refractivity contribution in [3.63, 3.8) is 0 Å². The SMILES string of the molecule is O=C(CCc1nc(-c2ccccc2Cl)no1)Nc1cccc([N+](=O)[O-])c1. The van der Waals surface area contributed by atoms with Crippen LogP contribution in [0.15, 0.2) is 53.1 Å². The zero-order valence-corrected chi connectivity index (χ0v) is 14.1. The maximum Gasteiger partial charge on any atom is 0.271 e. The number of nitrogens with one attached hydrogen (secondary N) is 1. The Bertz CT molecular complexity index is 957. The van der Waals surface area contributed by atoms with Gasteiger partial charge in [-0.1, -0.05) is 35.0 Å². The van der Waals surface area contributed by atoms with Gasteiger partial charge in [-0.2, -0.15) is 4.98 Å². The van der Waals surface area contributed by atoms with E-state index in [9.17, 15) is 14.9 Å². The van der Waals surface area contributed by atoms with Gasteiger partial charge in [0.25, 0.3) is 5.69 Å². The van der Waals surface area contributed by atoms with E-state index < -0.39 is 4.92 Å². The summed E-state index contributed by atoms with van der Waals surface area (Å²) in [5, 5.41) is 17.7. The largest absolute Gasteiger partial charge is 0.339 e. The van der Waals surface area contributed by atoms with Crippen molar-refractivity contribution in [3.8, 4) is 11.4 Å². The number of aromatic nitrogens is 2. The summed E-state index contributed by atoms with van der Waals surface area (Å²) in [6.07, 6.45) is 0.324. The molecule has 26 heavy (non-hydrogen) atoms. The molecule has 0 saturated heterocycles. The number of carbonyl (C=O) groups excluding carboxylic acids is 1. The third-order valence-corrected chi connectivity index (χ3v) is 3.82. The van der Waals surface area contributed by atoms with Gasteiger partial charge in [0.2, 0.25) is 17.6 Å². The summed E-state index contributed by atoms with van der Waals surface area (Å²) in [4.78, 5) is 26.5. The van der Waals surface area contributed by atoms with Crippen LogP contribution < -0.4 is 5.32 Å². The van der Waals surface area contributed by atoms with Gasteiger partial charge in [0, 0.05) is 36.2 Å². The lowest BCUT2D eigenvalue weighted by Gasteiger charge is -2.03. The smallest absolute Gasteiger partial charge is 0.271 e. The van der Waals surface area contributed by atoms with Gasteiger partial charge in [-0.3, -0.25) is 14.9 Å². The molecule has 0 aliphatic heterocycles. The van der Waals surface area contributed by atoms with E-state index in [1.165, 1.54) is 18.2 Å². The minimum absolute atomic E-state index is 0.0901. The number of halogens is 1. The van der Waals surface area contributed by atoms with Gasteiger partial charge in [0.15, 0.2) is 0 Å². The minimum Gasteiger partial charge on any atom is -0.339 e. The van der Waals surface area contributed by atoms with Gasteiger partial charge >= 0.3 is 0 Å². The molecule has 1 amide bonds. The summed E-state index contributed by atoms with van der Waals surface area (Å²) in [7, 11) is 0. The van der Waals surface area contributed by atoms with E-state index >= 15 is 0 Å². The molecule has 0 radical (unpaired) electrons. The number of carbonyl (C=O) groups is 1. The van der Waals surface area contributed by atoms with E-state index in [1.807, 2.05) is 6.07 Å². The zero-order chi connectivity index (χ0) is 18.5. The lowest BCUT2D eigenvalue weighted by Crippen LogP contribution is -2.12. The molecule has 1 aromatic heterocycles. The molecular formula is C17H13ClN4O4. The van der Waals surface area contributed by atoms with Crippen molar-refractivity contribution in [2.45, 2.75) is 12.8 Å². The standard InChI is InChI=1S/C17H13ClN4O4/c18-14-7-2-1-6-13(14)17-20-16(26-21-17)9-8-15(23)19-11-4-3-5-12(10-11)22(24)25/h1-7,10H,8-9H2,(H,19,23). The first-order valence-corrected chi connectivity index (χ1v) is 8.02. The summed E-state index contributed by atoms with van der Waals surface area (Å²) < 4.78 is 5.14. The molecule has 0 aliphatic carbocycles. The van der Waals surface area contributed by atoms with Crippen LogP contribution in [-0.2, 0) is 11.2 Å². The Balaban J connectivity index is 1.59. The van der Waals surface area contributed by atoms with Crippen LogP contribution in [0.5, 0.6) is 0 Å². The van der Waals surface area contributed by atoms with E-state index in [0.717, 1.165) is 0 Å². The third-order valence-electron chi connectivity index (χ3n) is 3.49. The molecular weight excluding hydrogens is 360 g/mol. The van der Waals surface area contributed by atoms with Crippen molar-refractivity contribution >= 4 is 28.9 Å². The van der Waals surface area contributed by atoms with Crippen LogP contribution in [0.25, 0.3) is 11.4 Å². The highest BCUT2D eigenvalue weighted by Crippen LogP contribution is 2.25. The number of amides is 1. The van der Waals surface area contributed by atoms with Crippen molar-refractivity contribution in [3.05, 3.63) is 69.6 Å². The maximum atomic E-state index is 12.0. The van der Waals surface area contributed by atoms with E-state index in [1.54, 1.807) is 24.3 Å². The van der Waals surface area contributed by atoms with Gasteiger partial charge in [-0.05, 0) is 18.2 Å². The molecule has 3 aromatic rings. The van der Waals surface area contributed by atoms with Crippen molar-refractivity contribution in [2.24, 2.45) is 0 Å². The highest BCUT2D eigenvalue weighted by molar-refractivity contribution is 6.33. The summed E-state index contributed by atoms with van der Waals surface area (Å²) in [6, 6.07) is 12.8. The van der Waals surface area contributed by atoms with Crippen LogP contribution in [0.1, 0.15) is 12.3 Å². The van der Waals surface area contributed by atoms with Gasteiger partial charge in [0.05, 0.1) is 9.95 Å². The Hall–Kier alpha value is -3.26. The second kappa shape index (κ2) is 7.75. The number of hydrogen-bond acceptors (Lipinski definition) is 6. The quantitative estimate of drug-likeness (QED) is 0.519. The van der Waals surface area contributed by atoms with Crippen LogP contribution in [-0.4, -0.2) is 21.0 Å². The number of aryl methyl sites for hydroxylation is 1. The topological polar surface area (TPSA) is 111 Å². The Morgan fingerprint density at radius 2 is 2.04 bits per heavy atom. The Labute approximate surface area is 152 Å². The van der Waals surface area contributed by atoms with Crippen LogP contribution in [0.3, 0.4) is 0 Å². The molecule has 9 heteroatoms. The molecule has 0 aliphatic rings. The predicted octanol–water partition coefficient (Wildman–Crippen LogP) is 3.87. The minimum atomic E-state index is -0.523. The molecule has 1 heterocycles. The number of nitro groups is 1. The van der Waals surface area contributed by atoms with E-state index in [0.29, 0.717) is 28.0 Å². The van der Waals surface area contributed by atoms with E-state index in [2.05, 4.69) is 15.5 Å². The molecule has 0 unspecified atom stereocenters. The molecule has 0 saturated carbocycles. The lowest BCUT2D eigenvalue weighted by molar-refractivity contribution is -0.384. The number of anilines is 1. The molecule has 2 aromatic carbocycles. The highest BCUT2D eigenvalue weighted by atomic mass is 35.5. The third kappa shape index (κ3) is 4.22. The molecule has 0 fully saturated rings. The molecule has 1 N–H and O–H groups in total. The van der Waals surface area contributed by atoms with Crippen molar-refractivity contribution in [2.75, 3.05) is 5.32 Å². The van der Waals surface area contributed by atoms with Crippen LogP contribution in [0, 0.1) is 10.1 Å². The number of rotatable bonds is 6. The highest BCUT2D eigenvalue weighted by Gasteiger charge is 2.13. The van der Waals surface area contributed by atoms with Crippen molar-refractivity contribution in [1.29, 1.82) is 0 Å². The molecule has 0 bridgehead atoms. The van der Waals surface area contributed by atoms with E-state index in [-0.39, 0.29) is 24.4 Å². The van der Waals surface area contributed by atoms with Gasteiger partial charge < -0.3 is 9.84 Å². The second-order valence-corrected chi connectivity index (χ2v) is 5.75. The number of non-ortho nitro benzene ring substituents is 1. The maximum absolute atomic E-state index is 12.0. The molecule has 8 nitrogen and oxygen atoms in total. The number of hydrogen-bond donors (Lipinski definition) is 1. The van der Waals surface area contributed by atoms with Crippen molar-refractivity contribution < 1.29 is 14.2 Å². The molecule has 132 valence electrons. The van der Waals surface area contributed by atoms with Gasteiger partial charge in [-0.15, -0.1) is 0 Å². The molecule has 3 rings (SSSR count). The second-order valence-electron chi connectivity index (χ2n) is 5.35. The first kappa shape index (κ1) is 17.6. The summed E-state index contributed by atoms with van der Waals surface area (Å²) in [6.45, 7) is 0. The summed E-state index contributed by atoms with van der Waals surface area (Å²) in [5.41, 5.74) is 0.904. The Kier molecular flexibility index (Phi) is 5.23. The number of benzene rings is 2. The summed E-state index contributed by atoms with van der Waals surface area (Å²) in [5.74, 6) is 0.335. The molecule has 0 spiro atoms. The van der Waals surface area contributed by atoms with Crippen LogP contribution in [0.4, 0.5) is 11.4 Å². The first-order valence-electron chi connectivity index (χ1n) is 7.65. The average molecular weight is 373 g/mol. The summed E-state index contributed by atoms with van der Waals surface area (Å²) >= 11 is 6.09. The zero-order valence-electron chi connectivity index (χ0n) is 13.4. The Morgan fingerprint density at radius 1 is 1.23 bits per heavy atom. The Morgan fingerprint density at radius 3 is 2.81 bits per heavy atom. The first-order chi connectivity index (χ1) is 12.5. The van der Waals surface area contributed by atoms with Gasteiger partial charge in [0.1, 0.15) is 0 Å². The predicted molar refractivity (Wildman–Crippen MR) is 94.8 cm³/mol. The van der Waals surface area contributed by atoms with Gasteiger partial charge in [-0.25, -0.2) is 0 Å². The van der Waals surface area contributed by atoms with Crippen LogP contribution in [0.2, 0.25) is 5.02 Å². The van der Waals surface area contributed by atoms with E-state index in [4.69, 9.17) is 16.1 Å². The lowest BCUT2D eigenvalue weighted by atomic mass is 10.2. The van der Waals surface area contributed by atoms with Crippen LogP contribution >= 0.6 is 11.6 Å². The average Bonchev–Trinajstić information content (AvgIpc) is 3.09. The number of nitrogens with zero attached hydrogens (tertiary/aromatic N) is 3. The fourth-order valence-electron chi connectivity index (χ4n) is 2.25. The number of nitro benzene ring substituents is 1. The van der Waals surface area contributed by atoms with Crippen molar-refractivity contribution in [1.82, 2.24) is 10.1 Å². The fourth-order valence-corrected chi connectivity index (χ4v) is 2.47. The normalized spacial score (nSPS) is 10.5.